The number of nitrogens with two attached hydrogens (primary N) is 1. The molecule has 4 nitrogen and oxygen atoms in total. The summed E-state index contributed by atoms with van der Waals surface area (Å²) in [5, 5.41) is 15.8. The lowest BCUT2D eigenvalue weighted by atomic mass is 9.81. The Morgan fingerprint density at radius 2 is 2.00 bits per heavy atom. The lowest BCUT2D eigenvalue weighted by molar-refractivity contribution is -0.789. The van der Waals surface area contributed by atoms with Gasteiger partial charge in [0.25, 0.3) is 0 Å². The fraction of sp³-hybridized carbons (Fsp3) is 0.429. The molecule has 0 atom stereocenters. The van der Waals surface area contributed by atoms with Gasteiger partial charge in [0.1, 0.15) is 16.6 Å². The summed E-state index contributed by atoms with van der Waals surface area (Å²) in [7, 11) is 0. The smallest absolute Gasteiger partial charge is 0.235 e. The van der Waals surface area contributed by atoms with Gasteiger partial charge in [-0.15, -0.1) is 23.1 Å². The Hall–Kier alpha value is -1.81. The summed E-state index contributed by atoms with van der Waals surface area (Å²) in [6, 6.07) is 12.5. The summed E-state index contributed by atoms with van der Waals surface area (Å²) in [4.78, 5) is 13.6. The van der Waals surface area contributed by atoms with Crippen LogP contribution < -0.4 is 10.6 Å². The molecule has 0 bridgehead atoms. The third-order valence-corrected chi connectivity index (χ3v) is 7.18. The first kappa shape index (κ1) is 19.9. The topological polar surface area (TPSA) is 69.5 Å². The average Bonchev–Trinajstić information content (AvgIpc) is 2.91. The summed E-state index contributed by atoms with van der Waals surface area (Å²) in [5.74, 6) is 1.13. The van der Waals surface area contributed by atoms with Crippen LogP contribution in [-0.2, 0) is 22.5 Å². The number of thiophene rings is 1. The van der Waals surface area contributed by atoms with E-state index in [9.17, 15) is 10.1 Å². The van der Waals surface area contributed by atoms with E-state index in [2.05, 4.69) is 56.5 Å². The molecule has 1 aliphatic rings. The molecule has 1 aromatic heterocycles. The van der Waals surface area contributed by atoms with Crippen LogP contribution in [0.1, 0.15) is 49.3 Å². The van der Waals surface area contributed by atoms with Crippen LogP contribution in [0.5, 0.6) is 0 Å². The quantitative estimate of drug-likeness (QED) is 0.805. The number of rotatable bonds is 5. The molecule has 0 radical (unpaired) electrons. The Kier molecular flexibility index (Phi) is 5.66. The van der Waals surface area contributed by atoms with Crippen LogP contribution in [0.15, 0.2) is 30.3 Å². The number of quaternary nitrogens is 1. The zero-order valence-corrected chi connectivity index (χ0v) is 17.9. The fourth-order valence-corrected chi connectivity index (χ4v) is 5.96. The molecule has 0 spiro atoms. The summed E-state index contributed by atoms with van der Waals surface area (Å²) in [5.41, 5.74) is 2.89. The molecule has 3 rings (SSSR count). The van der Waals surface area contributed by atoms with Crippen molar-refractivity contribution >= 4 is 34.0 Å². The number of benzene rings is 1. The second kappa shape index (κ2) is 7.67. The molecule has 0 unspecified atom stereocenters. The number of fused-ring (bicyclic) bond motifs is 1. The Balaban J connectivity index is 1.71. The summed E-state index contributed by atoms with van der Waals surface area (Å²) in [6.45, 7) is 8.78. The number of nitrogens with zero attached hydrogens (tertiary/aromatic N) is 1. The molecule has 2 aromatic rings. The van der Waals surface area contributed by atoms with E-state index in [1.807, 2.05) is 18.2 Å². The maximum Gasteiger partial charge on any atom is 0.235 e. The van der Waals surface area contributed by atoms with E-state index in [4.69, 9.17) is 0 Å². The Morgan fingerprint density at radius 1 is 1.30 bits per heavy atom. The van der Waals surface area contributed by atoms with Gasteiger partial charge in [0.15, 0.2) is 0 Å². The standard InChI is InChI=1S/C21H25N3OS2/c1-20(2)10-15-16(11-22)19(27-18(15)21(3,4)24-20)23-17(25)13-26-12-14-8-6-5-7-9-14/h5-9,24H,10,12-13H2,1-4H3,(H,23,25)/p+1. The highest BCUT2D eigenvalue weighted by Gasteiger charge is 2.44. The molecule has 1 amide bonds. The highest BCUT2D eigenvalue weighted by Crippen LogP contribution is 2.41. The van der Waals surface area contributed by atoms with E-state index in [1.165, 1.54) is 10.4 Å². The van der Waals surface area contributed by atoms with Crippen molar-refractivity contribution in [2.45, 2.75) is 50.9 Å². The van der Waals surface area contributed by atoms with E-state index < -0.39 is 0 Å². The van der Waals surface area contributed by atoms with E-state index in [-0.39, 0.29) is 17.0 Å². The largest absolute Gasteiger partial charge is 0.333 e. The second-order valence-electron chi connectivity index (χ2n) is 8.28. The minimum absolute atomic E-state index is 0.0377. The number of nitrogens with one attached hydrogen (secondary N) is 1. The predicted molar refractivity (Wildman–Crippen MR) is 113 cm³/mol. The first-order valence-corrected chi connectivity index (χ1v) is 11.0. The van der Waals surface area contributed by atoms with Gasteiger partial charge < -0.3 is 10.6 Å². The number of thioether (sulfide) groups is 1. The molecule has 2 heterocycles. The number of hydrogen-bond acceptors (Lipinski definition) is 4. The lowest BCUT2D eigenvalue weighted by Crippen LogP contribution is -3.03. The van der Waals surface area contributed by atoms with Crippen molar-refractivity contribution in [1.29, 1.82) is 5.26 Å². The van der Waals surface area contributed by atoms with Crippen LogP contribution >= 0.6 is 23.1 Å². The highest BCUT2D eigenvalue weighted by molar-refractivity contribution is 7.99. The normalized spacial score (nSPS) is 17.0. The molecule has 0 aliphatic carbocycles. The van der Waals surface area contributed by atoms with Crippen LogP contribution in [0.3, 0.4) is 0 Å². The van der Waals surface area contributed by atoms with Gasteiger partial charge in [-0.2, -0.15) is 5.26 Å². The van der Waals surface area contributed by atoms with Crippen molar-refractivity contribution in [2.75, 3.05) is 11.1 Å². The van der Waals surface area contributed by atoms with Crippen LogP contribution in [0.4, 0.5) is 5.00 Å². The molecular formula is C21H26N3OS2+. The van der Waals surface area contributed by atoms with Gasteiger partial charge in [-0.05, 0) is 38.8 Å². The number of anilines is 1. The van der Waals surface area contributed by atoms with Crippen molar-refractivity contribution in [2.24, 2.45) is 0 Å². The van der Waals surface area contributed by atoms with Crippen LogP contribution in [-0.4, -0.2) is 17.2 Å². The van der Waals surface area contributed by atoms with Gasteiger partial charge in [-0.3, -0.25) is 4.79 Å². The highest BCUT2D eigenvalue weighted by atomic mass is 32.2. The molecule has 0 saturated carbocycles. The minimum Gasteiger partial charge on any atom is -0.333 e. The van der Waals surface area contributed by atoms with Crippen LogP contribution in [0.25, 0.3) is 0 Å². The first-order valence-electron chi connectivity index (χ1n) is 9.07. The fourth-order valence-electron chi connectivity index (χ4n) is 3.91. The molecule has 0 saturated heterocycles. The summed E-state index contributed by atoms with van der Waals surface area (Å²) >= 11 is 3.14. The van der Waals surface area contributed by atoms with Gasteiger partial charge >= 0.3 is 0 Å². The number of carbonyl (C=O) groups excluding carboxylic acids is 1. The zero-order chi connectivity index (χ0) is 19.7. The minimum atomic E-state index is -0.0988. The van der Waals surface area contributed by atoms with Gasteiger partial charge in [0.05, 0.1) is 21.7 Å². The zero-order valence-electron chi connectivity index (χ0n) is 16.3. The lowest BCUT2D eigenvalue weighted by Gasteiger charge is -2.38. The molecule has 142 valence electrons. The van der Waals surface area contributed by atoms with Crippen LogP contribution in [0, 0.1) is 11.3 Å². The predicted octanol–water partition coefficient (Wildman–Crippen LogP) is 3.62. The maximum absolute atomic E-state index is 12.4. The molecular weight excluding hydrogens is 374 g/mol. The number of amides is 1. The molecule has 1 aromatic carbocycles. The van der Waals surface area contributed by atoms with E-state index >= 15 is 0 Å². The third kappa shape index (κ3) is 4.55. The number of carbonyl (C=O) groups is 1. The van der Waals surface area contributed by atoms with Gasteiger partial charge in [-0.25, -0.2) is 0 Å². The molecule has 0 fully saturated rings. The van der Waals surface area contributed by atoms with Crippen LogP contribution in [0.2, 0.25) is 0 Å². The molecule has 27 heavy (non-hydrogen) atoms. The van der Waals surface area contributed by atoms with Crippen molar-refractivity contribution in [3.05, 3.63) is 51.9 Å². The second-order valence-corrected chi connectivity index (χ2v) is 10.3. The van der Waals surface area contributed by atoms with Crippen molar-refractivity contribution in [1.82, 2.24) is 0 Å². The SMILES string of the molecule is CC1(C)Cc2c(sc(NC(=O)CSCc3ccccc3)c2C#N)C(C)(C)[NH2+]1. The molecule has 1 aliphatic heterocycles. The van der Waals surface area contributed by atoms with Gasteiger partial charge in [-0.1, -0.05) is 30.3 Å². The number of nitriles is 1. The molecule has 6 heteroatoms. The third-order valence-electron chi connectivity index (χ3n) is 4.69. The van der Waals surface area contributed by atoms with E-state index in [0.717, 1.165) is 17.7 Å². The number of hydrogen-bond donors (Lipinski definition) is 2. The average molecular weight is 401 g/mol. The van der Waals surface area contributed by atoms with Crippen molar-refractivity contribution in [3.8, 4) is 6.07 Å². The first-order chi connectivity index (χ1) is 12.7. The van der Waals surface area contributed by atoms with E-state index in [0.29, 0.717) is 16.3 Å². The maximum atomic E-state index is 12.4. The van der Waals surface area contributed by atoms with Gasteiger partial charge in [0.2, 0.25) is 5.91 Å². The van der Waals surface area contributed by atoms with Crippen molar-refractivity contribution in [3.63, 3.8) is 0 Å². The monoisotopic (exact) mass is 400 g/mol. The molecule has 3 N–H and O–H groups in total. The Bertz CT molecular complexity index is 879. The summed E-state index contributed by atoms with van der Waals surface area (Å²) in [6.07, 6.45) is 0.837. The van der Waals surface area contributed by atoms with E-state index in [1.54, 1.807) is 23.1 Å². The Morgan fingerprint density at radius 3 is 2.67 bits per heavy atom. The Labute approximate surface area is 169 Å². The summed E-state index contributed by atoms with van der Waals surface area (Å²) < 4.78 is 0. The van der Waals surface area contributed by atoms with Crippen molar-refractivity contribution < 1.29 is 10.1 Å². The van der Waals surface area contributed by atoms with Gasteiger partial charge in [0, 0.05) is 12.2 Å².